The van der Waals surface area contributed by atoms with E-state index in [1.54, 1.807) is 49.4 Å². The third-order valence-corrected chi connectivity index (χ3v) is 4.31. The normalized spacial score (nSPS) is 10.5. The third kappa shape index (κ3) is 7.03. The summed E-state index contributed by atoms with van der Waals surface area (Å²) in [7, 11) is 0. The molecule has 0 unspecified atom stereocenters. The molecule has 0 saturated heterocycles. The molecule has 168 valence electrons. The van der Waals surface area contributed by atoms with Gasteiger partial charge in [-0.25, -0.2) is 9.18 Å². The molecule has 0 fully saturated rings. The monoisotopic (exact) mass is 448 g/mol. The lowest BCUT2D eigenvalue weighted by Gasteiger charge is -2.11. The van der Waals surface area contributed by atoms with E-state index in [-0.39, 0.29) is 18.2 Å². The molecule has 7 nitrogen and oxygen atoms in total. The first-order valence-corrected chi connectivity index (χ1v) is 10.0. The Morgan fingerprint density at radius 2 is 1.52 bits per heavy atom. The molecule has 2 N–H and O–H groups in total. The Morgan fingerprint density at radius 3 is 2.15 bits per heavy atom. The zero-order valence-electron chi connectivity index (χ0n) is 17.7. The van der Waals surface area contributed by atoms with Gasteiger partial charge in [0, 0.05) is 11.6 Å². The predicted molar refractivity (Wildman–Crippen MR) is 123 cm³/mol. The number of carbonyl (C=O) groups is 3. The predicted octanol–water partition coefficient (Wildman–Crippen LogP) is 5.27. The summed E-state index contributed by atoms with van der Waals surface area (Å²) in [6, 6.07) is 18.4. The molecule has 3 aromatic rings. The lowest BCUT2D eigenvalue weighted by atomic mass is 10.2. The fraction of sp³-hybridized carbons (Fsp3) is 0.0800. The number of anilines is 2. The van der Waals surface area contributed by atoms with Crippen molar-refractivity contribution in [2.24, 2.45) is 0 Å². The number of benzene rings is 3. The molecular formula is C25H21FN2O5. The van der Waals surface area contributed by atoms with Crippen molar-refractivity contribution in [2.75, 3.05) is 17.2 Å². The van der Waals surface area contributed by atoms with Crippen LogP contribution < -0.4 is 15.4 Å². The summed E-state index contributed by atoms with van der Waals surface area (Å²) in [4.78, 5) is 36.3. The SMILES string of the molecule is CCOC(=O)Oc1ccc(C(=O)Nc2ccccc2NC(=O)/C=C/c2ccc(F)cc2)cc1. The topological polar surface area (TPSA) is 93.7 Å². The van der Waals surface area contributed by atoms with E-state index in [2.05, 4.69) is 10.6 Å². The van der Waals surface area contributed by atoms with Gasteiger partial charge in [-0.15, -0.1) is 0 Å². The molecule has 8 heteroatoms. The minimum absolute atomic E-state index is 0.192. The molecule has 3 rings (SSSR count). The summed E-state index contributed by atoms with van der Waals surface area (Å²) < 4.78 is 22.6. The Hall–Kier alpha value is -4.46. The fourth-order valence-electron chi connectivity index (χ4n) is 2.73. The van der Waals surface area contributed by atoms with E-state index in [0.717, 1.165) is 0 Å². The summed E-state index contributed by atoms with van der Waals surface area (Å²) in [5, 5.41) is 5.45. The van der Waals surface area contributed by atoms with Crippen LogP contribution in [0.3, 0.4) is 0 Å². The Bertz CT molecular complexity index is 1160. The Labute approximate surface area is 189 Å². The first-order valence-electron chi connectivity index (χ1n) is 10.0. The highest BCUT2D eigenvalue weighted by molar-refractivity contribution is 6.09. The van der Waals surface area contributed by atoms with Gasteiger partial charge >= 0.3 is 6.16 Å². The van der Waals surface area contributed by atoms with Gasteiger partial charge in [0.05, 0.1) is 18.0 Å². The molecule has 0 aromatic heterocycles. The van der Waals surface area contributed by atoms with Gasteiger partial charge in [0.1, 0.15) is 11.6 Å². The lowest BCUT2D eigenvalue weighted by Crippen LogP contribution is -2.15. The van der Waals surface area contributed by atoms with Crippen LogP contribution in [0.25, 0.3) is 6.08 Å². The van der Waals surface area contributed by atoms with Crippen molar-refractivity contribution < 1.29 is 28.2 Å². The highest BCUT2D eigenvalue weighted by Gasteiger charge is 2.11. The average Bonchev–Trinajstić information content (AvgIpc) is 2.80. The quantitative estimate of drug-likeness (QED) is 0.292. The van der Waals surface area contributed by atoms with E-state index in [4.69, 9.17) is 9.47 Å². The first kappa shape index (κ1) is 23.2. The molecule has 2 amide bonds. The van der Waals surface area contributed by atoms with Gasteiger partial charge in [-0.3, -0.25) is 9.59 Å². The van der Waals surface area contributed by atoms with Gasteiger partial charge in [0.15, 0.2) is 0 Å². The maximum atomic E-state index is 13.0. The molecule has 0 aliphatic carbocycles. The van der Waals surface area contributed by atoms with Gasteiger partial charge in [0.25, 0.3) is 5.91 Å². The van der Waals surface area contributed by atoms with Crippen molar-refractivity contribution in [3.05, 3.63) is 95.8 Å². The van der Waals surface area contributed by atoms with E-state index in [9.17, 15) is 18.8 Å². The Kier molecular flexibility index (Phi) is 7.91. The number of carbonyl (C=O) groups excluding carboxylic acids is 3. The van der Waals surface area contributed by atoms with Crippen molar-refractivity contribution in [1.29, 1.82) is 0 Å². The zero-order chi connectivity index (χ0) is 23.6. The molecule has 33 heavy (non-hydrogen) atoms. The molecule has 3 aromatic carbocycles. The van der Waals surface area contributed by atoms with Gasteiger partial charge in [0.2, 0.25) is 5.91 Å². The van der Waals surface area contributed by atoms with Crippen LogP contribution in [0.1, 0.15) is 22.8 Å². The van der Waals surface area contributed by atoms with Crippen LogP contribution in [0.15, 0.2) is 78.9 Å². The number of para-hydroxylation sites is 2. The number of halogens is 1. The van der Waals surface area contributed by atoms with Crippen molar-refractivity contribution >= 4 is 35.4 Å². The van der Waals surface area contributed by atoms with E-state index in [1.807, 2.05) is 0 Å². The largest absolute Gasteiger partial charge is 0.513 e. The van der Waals surface area contributed by atoms with Crippen LogP contribution >= 0.6 is 0 Å². The van der Waals surface area contributed by atoms with Crippen LogP contribution in [0.2, 0.25) is 0 Å². The lowest BCUT2D eigenvalue weighted by molar-refractivity contribution is -0.111. The van der Waals surface area contributed by atoms with Gasteiger partial charge in [-0.05, 0) is 67.1 Å². The molecular weight excluding hydrogens is 427 g/mol. The number of rotatable bonds is 7. The second-order valence-corrected chi connectivity index (χ2v) is 6.68. The summed E-state index contributed by atoms with van der Waals surface area (Å²) in [5.74, 6) is -0.948. The van der Waals surface area contributed by atoms with Crippen LogP contribution in [0.5, 0.6) is 5.75 Å². The number of amides is 2. The smallest absolute Gasteiger partial charge is 0.434 e. The summed E-state index contributed by atoms with van der Waals surface area (Å²) in [6.07, 6.45) is 2.04. The van der Waals surface area contributed by atoms with Crippen LogP contribution in [-0.2, 0) is 9.53 Å². The zero-order valence-corrected chi connectivity index (χ0v) is 17.7. The summed E-state index contributed by atoms with van der Waals surface area (Å²) in [5.41, 5.74) is 1.80. The van der Waals surface area contributed by atoms with Crippen LogP contribution in [0, 0.1) is 5.82 Å². The van der Waals surface area contributed by atoms with Crippen molar-refractivity contribution in [2.45, 2.75) is 6.92 Å². The van der Waals surface area contributed by atoms with Gasteiger partial charge in [-0.1, -0.05) is 24.3 Å². The van der Waals surface area contributed by atoms with Crippen molar-refractivity contribution in [1.82, 2.24) is 0 Å². The number of hydrogen-bond donors (Lipinski definition) is 2. The van der Waals surface area contributed by atoms with E-state index in [1.165, 1.54) is 42.5 Å². The Balaban J connectivity index is 1.63. The maximum Gasteiger partial charge on any atom is 0.513 e. The number of hydrogen-bond acceptors (Lipinski definition) is 5. The molecule has 0 aliphatic heterocycles. The summed E-state index contributed by atoms with van der Waals surface area (Å²) >= 11 is 0. The standard InChI is InChI=1S/C25H21FN2O5/c1-2-32-25(31)33-20-14-10-18(11-15-20)24(30)28-22-6-4-3-5-21(22)27-23(29)16-9-17-7-12-19(26)13-8-17/h3-16H,2H2,1H3,(H,27,29)(H,28,30)/b16-9+. The molecule has 0 heterocycles. The van der Waals surface area contributed by atoms with Gasteiger partial charge in [-0.2, -0.15) is 0 Å². The second kappa shape index (κ2) is 11.2. The number of nitrogens with one attached hydrogen (secondary N) is 2. The molecule has 0 radical (unpaired) electrons. The molecule has 0 spiro atoms. The molecule has 0 bridgehead atoms. The first-order chi connectivity index (χ1) is 15.9. The molecule has 0 aliphatic rings. The minimum atomic E-state index is -0.826. The summed E-state index contributed by atoms with van der Waals surface area (Å²) in [6.45, 7) is 1.86. The Morgan fingerprint density at radius 1 is 0.879 bits per heavy atom. The highest BCUT2D eigenvalue weighted by Crippen LogP contribution is 2.22. The van der Waals surface area contributed by atoms with E-state index in [0.29, 0.717) is 22.5 Å². The average molecular weight is 448 g/mol. The van der Waals surface area contributed by atoms with Gasteiger partial charge < -0.3 is 20.1 Å². The maximum absolute atomic E-state index is 13.0. The minimum Gasteiger partial charge on any atom is -0.434 e. The van der Waals surface area contributed by atoms with Crippen LogP contribution in [0.4, 0.5) is 20.6 Å². The number of ether oxygens (including phenoxy) is 2. The van der Waals surface area contributed by atoms with E-state index >= 15 is 0 Å². The second-order valence-electron chi connectivity index (χ2n) is 6.68. The molecule has 0 atom stereocenters. The van der Waals surface area contributed by atoms with E-state index < -0.39 is 18.0 Å². The van der Waals surface area contributed by atoms with Crippen molar-refractivity contribution in [3.63, 3.8) is 0 Å². The highest BCUT2D eigenvalue weighted by atomic mass is 19.1. The van der Waals surface area contributed by atoms with Crippen LogP contribution in [-0.4, -0.2) is 24.6 Å². The van der Waals surface area contributed by atoms with Crippen molar-refractivity contribution in [3.8, 4) is 5.75 Å². The molecule has 0 saturated carbocycles. The fourth-order valence-corrected chi connectivity index (χ4v) is 2.73. The third-order valence-electron chi connectivity index (χ3n) is 4.31.